The first kappa shape index (κ1) is 24.1. The minimum atomic E-state index is -1.57. The molecule has 2 N–H and O–H groups in total. The highest BCUT2D eigenvalue weighted by Crippen LogP contribution is 2.43. The van der Waals surface area contributed by atoms with Crippen LogP contribution in [0, 0.1) is 11.6 Å². The van der Waals surface area contributed by atoms with Gasteiger partial charge in [-0.2, -0.15) is 0 Å². The largest absolute Gasteiger partial charge is 0.478 e. The monoisotopic (exact) mass is 492 g/mol. The topological polar surface area (TPSA) is 56.3 Å². The third-order valence-electron chi connectivity index (χ3n) is 6.89. The zero-order chi connectivity index (χ0) is 25.8. The van der Waals surface area contributed by atoms with Crippen LogP contribution in [0.4, 0.5) is 13.2 Å². The predicted molar refractivity (Wildman–Crippen MR) is 134 cm³/mol. The summed E-state index contributed by atoms with van der Waals surface area (Å²) < 4.78 is 46.5. The molecule has 0 aliphatic carbocycles. The highest BCUT2D eigenvalue weighted by Gasteiger charge is 2.41. The molecule has 2 heterocycles. The number of alkyl halides is 1. The van der Waals surface area contributed by atoms with Crippen LogP contribution in [-0.4, -0.2) is 39.2 Å². The van der Waals surface area contributed by atoms with Gasteiger partial charge in [0.1, 0.15) is 17.3 Å². The maximum atomic E-state index is 15.8. The maximum absolute atomic E-state index is 15.8. The SMILES string of the molecule is CC1Cc2c([nH]c3ccccc23)C(c2c(F)cc(-c3ccc(C(=O)O)cc3)cc2F)N1CC(C)(C)F. The van der Waals surface area contributed by atoms with Crippen molar-refractivity contribution >= 4 is 16.9 Å². The molecular formula is C29H27F3N2O2. The van der Waals surface area contributed by atoms with Crippen LogP contribution in [0.25, 0.3) is 22.0 Å². The molecule has 1 aliphatic rings. The summed E-state index contributed by atoms with van der Waals surface area (Å²) in [5.74, 6) is -2.55. The van der Waals surface area contributed by atoms with E-state index < -0.39 is 29.3 Å². The second-order valence-electron chi connectivity index (χ2n) is 10.1. The summed E-state index contributed by atoms with van der Waals surface area (Å²) in [6.07, 6.45) is 0.628. The zero-order valence-corrected chi connectivity index (χ0v) is 20.3. The number of aromatic carboxylic acids is 1. The fourth-order valence-corrected chi connectivity index (χ4v) is 5.32. The number of hydrogen-bond acceptors (Lipinski definition) is 2. The quantitative estimate of drug-likeness (QED) is 0.319. The van der Waals surface area contributed by atoms with Gasteiger partial charge in [-0.05, 0) is 74.2 Å². The lowest BCUT2D eigenvalue weighted by Crippen LogP contribution is -2.48. The molecule has 0 amide bonds. The number of rotatable bonds is 5. The van der Waals surface area contributed by atoms with Crippen LogP contribution in [0.3, 0.4) is 0 Å². The van der Waals surface area contributed by atoms with E-state index in [9.17, 15) is 9.18 Å². The van der Waals surface area contributed by atoms with E-state index in [0.29, 0.717) is 23.2 Å². The van der Waals surface area contributed by atoms with Crippen LogP contribution >= 0.6 is 0 Å². The number of hydrogen-bond donors (Lipinski definition) is 2. The Morgan fingerprint density at radius 1 is 1.06 bits per heavy atom. The van der Waals surface area contributed by atoms with E-state index >= 15 is 8.78 Å². The smallest absolute Gasteiger partial charge is 0.335 e. The number of nitrogens with one attached hydrogen (secondary N) is 1. The second kappa shape index (κ2) is 8.82. The molecule has 2 atom stereocenters. The molecule has 0 saturated heterocycles. The molecular weight excluding hydrogens is 465 g/mol. The van der Waals surface area contributed by atoms with Crippen molar-refractivity contribution in [3.05, 3.63) is 94.7 Å². The number of aromatic amines is 1. The number of aromatic nitrogens is 1. The average molecular weight is 493 g/mol. The molecule has 7 heteroatoms. The van der Waals surface area contributed by atoms with Crippen LogP contribution in [0.2, 0.25) is 0 Å². The van der Waals surface area contributed by atoms with Gasteiger partial charge in [0.05, 0.1) is 11.6 Å². The van der Waals surface area contributed by atoms with E-state index in [4.69, 9.17) is 5.11 Å². The standard InChI is InChI=1S/C29H27F3N2O2/c1-16-12-21-20-6-4-5-7-24(20)33-26(21)27(34(16)15-29(2,3)32)25-22(30)13-19(14-23(25)31)17-8-10-18(11-9-17)28(35)36/h4-11,13-14,16,27,33H,12,15H2,1-3H3,(H,35,36). The molecule has 186 valence electrons. The molecule has 5 rings (SSSR count). The highest BCUT2D eigenvalue weighted by molar-refractivity contribution is 5.88. The van der Waals surface area contributed by atoms with Crippen LogP contribution in [0.15, 0.2) is 60.7 Å². The summed E-state index contributed by atoms with van der Waals surface area (Å²) in [6, 6.07) is 15.1. The number of fused-ring (bicyclic) bond motifs is 3. The second-order valence-corrected chi connectivity index (χ2v) is 10.1. The normalized spacial score (nSPS) is 18.4. The highest BCUT2D eigenvalue weighted by atomic mass is 19.1. The van der Waals surface area contributed by atoms with Crippen LogP contribution in [0.1, 0.15) is 54.0 Å². The molecule has 0 fully saturated rings. The Hall–Kier alpha value is -3.58. The molecule has 3 aromatic carbocycles. The fraction of sp³-hybridized carbons (Fsp3) is 0.276. The molecule has 4 aromatic rings. The Kier molecular flexibility index (Phi) is 5.91. The molecule has 36 heavy (non-hydrogen) atoms. The number of nitrogens with zero attached hydrogens (tertiary/aromatic N) is 1. The van der Waals surface area contributed by atoms with Crippen LogP contribution in [0.5, 0.6) is 0 Å². The summed E-state index contributed by atoms with van der Waals surface area (Å²) >= 11 is 0. The van der Waals surface area contributed by atoms with Gasteiger partial charge < -0.3 is 10.1 Å². The molecule has 0 spiro atoms. The number of carbonyl (C=O) groups is 1. The average Bonchev–Trinajstić information content (AvgIpc) is 3.17. The van der Waals surface area contributed by atoms with Crippen LogP contribution in [-0.2, 0) is 6.42 Å². The van der Waals surface area contributed by atoms with Gasteiger partial charge in [0.2, 0.25) is 0 Å². The first-order chi connectivity index (χ1) is 17.0. The minimum absolute atomic E-state index is 0.00488. The van der Waals surface area contributed by atoms with E-state index in [1.54, 1.807) is 0 Å². The predicted octanol–water partition coefficient (Wildman–Crippen LogP) is 6.90. The van der Waals surface area contributed by atoms with Crippen molar-refractivity contribution < 1.29 is 23.1 Å². The molecule has 1 aliphatic heterocycles. The van der Waals surface area contributed by atoms with Crippen molar-refractivity contribution in [2.45, 2.75) is 44.9 Å². The van der Waals surface area contributed by atoms with Gasteiger partial charge in [-0.1, -0.05) is 30.3 Å². The lowest BCUT2D eigenvalue weighted by atomic mass is 9.86. The molecule has 1 aromatic heterocycles. The Labute approximate surface area is 207 Å². The summed E-state index contributed by atoms with van der Waals surface area (Å²) in [5, 5.41) is 10.1. The third kappa shape index (κ3) is 4.28. The third-order valence-corrected chi connectivity index (χ3v) is 6.89. The van der Waals surface area contributed by atoms with Crippen molar-refractivity contribution in [3.63, 3.8) is 0 Å². The number of carboxylic acid groups (broad SMARTS) is 1. The van der Waals surface area contributed by atoms with Crippen molar-refractivity contribution in [2.75, 3.05) is 6.54 Å². The van der Waals surface area contributed by atoms with E-state index in [2.05, 4.69) is 4.98 Å². The summed E-state index contributed by atoms with van der Waals surface area (Å²) in [6.45, 7) is 4.89. The van der Waals surface area contributed by atoms with Crippen molar-refractivity contribution in [3.8, 4) is 11.1 Å². The van der Waals surface area contributed by atoms with Gasteiger partial charge in [-0.15, -0.1) is 0 Å². The van der Waals surface area contributed by atoms with E-state index in [-0.39, 0.29) is 23.7 Å². The molecule has 0 radical (unpaired) electrons. The lowest BCUT2D eigenvalue weighted by Gasteiger charge is -2.43. The summed E-state index contributed by atoms with van der Waals surface area (Å²) in [4.78, 5) is 16.3. The van der Waals surface area contributed by atoms with Crippen LogP contribution < -0.4 is 0 Å². The maximum Gasteiger partial charge on any atom is 0.335 e. The zero-order valence-electron chi connectivity index (χ0n) is 20.3. The Morgan fingerprint density at radius 2 is 1.69 bits per heavy atom. The van der Waals surface area contributed by atoms with Crippen molar-refractivity contribution in [2.24, 2.45) is 0 Å². The van der Waals surface area contributed by atoms with Gasteiger partial charge in [0.25, 0.3) is 0 Å². The Balaban J connectivity index is 1.66. The van der Waals surface area contributed by atoms with Gasteiger partial charge >= 0.3 is 5.97 Å². The van der Waals surface area contributed by atoms with Crippen molar-refractivity contribution in [1.29, 1.82) is 0 Å². The minimum Gasteiger partial charge on any atom is -0.478 e. The van der Waals surface area contributed by atoms with E-state index in [1.165, 1.54) is 50.2 Å². The fourth-order valence-electron chi connectivity index (χ4n) is 5.32. The Bertz CT molecular complexity index is 1430. The summed E-state index contributed by atoms with van der Waals surface area (Å²) in [5.41, 5.74) is 1.70. The van der Waals surface area contributed by atoms with E-state index in [0.717, 1.165) is 16.5 Å². The Morgan fingerprint density at radius 3 is 2.31 bits per heavy atom. The van der Waals surface area contributed by atoms with E-state index in [1.807, 2.05) is 36.1 Å². The number of H-pyrrole nitrogens is 1. The van der Waals surface area contributed by atoms with Gasteiger partial charge in [-0.3, -0.25) is 4.90 Å². The number of benzene rings is 3. The molecule has 4 nitrogen and oxygen atoms in total. The first-order valence-electron chi connectivity index (χ1n) is 11.9. The first-order valence-corrected chi connectivity index (χ1v) is 11.9. The number of para-hydroxylation sites is 1. The molecule has 2 unspecified atom stereocenters. The van der Waals surface area contributed by atoms with Gasteiger partial charge in [-0.25, -0.2) is 18.0 Å². The number of halogens is 3. The van der Waals surface area contributed by atoms with Crippen molar-refractivity contribution in [1.82, 2.24) is 9.88 Å². The lowest BCUT2D eigenvalue weighted by molar-refractivity contribution is 0.0643. The molecule has 0 saturated carbocycles. The summed E-state index contributed by atoms with van der Waals surface area (Å²) in [7, 11) is 0. The van der Waals surface area contributed by atoms with Gasteiger partial charge in [0, 0.05) is 34.7 Å². The molecule has 0 bridgehead atoms. The van der Waals surface area contributed by atoms with Gasteiger partial charge in [0.15, 0.2) is 0 Å². The number of carboxylic acids is 1.